The Kier molecular flexibility index (Phi) is 6.19. The average molecular weight is 370 g/mol. The van der Waals surface area contributed by atoms with Crippen molar-refractivity contribution in [2.45, 2.75) is 52.5 Å². The monoisotopic (exact) mass is 369 g/mol. The van der Waals surface area contributed by atoms with Crippen molar-refractivity contribution in [3.05, 3.63) is 47.3 Å². The smallest absolute Gasteiger partial charge is 0.272 e. The number of benzene rings is 1. The zero-order chi connectivity index (χ0) is 19.4. The van der Waals surface area contributed by atoms with Crippen molar-refractivity contribution in [1.82, 2.24) is 14.7 Å². The molecule has 5 heteroatoms. The van der Waals surface area contributed by atoms with Gasteiger partial charge >= 0.3 is 0 Å². The van der Waals surface area contributed by atoms with Crippen LogP contribution in [0.15, 0.2) is 30.3 Å². The summed E-state index contributed by atoms with van der Waals surface area (Å²) in [4.78, 5) is 15.1. The molecule has 0 aliphatic carbocycles. The number of aryl methyl sites for hydroxylation is 1. The van der Waals surface area contributed by atoms with Gasteiger partial charge in [0.05, 0.1) is 12.8 Å². The highest BCUT2D eigenvalue weighted by molar-refractivity contribution is 5.92. The quantitative estimate of drug-likeness (QED) is 0.769. The number of methoxy groups -OCH3 is 1. The van der Waals surface area contributed by atoms with Crippen molar-refractivity contribution in [3.8, 4) is 5.75 Å². The minimum Gasteiger partial charge on any atom is -0.496 e. The number of hydrogen-bond acceptors (Lipinski definition) is 3. The molecule has 1 saturated heterocycles. The van der Waals surface area contributed by atoms with Crippen molar-refractivity contribution in [1.29, 1.82) is 0 Å². The molecule has 0 unspecified atom stereocenters. The highest BCUT2D eigenvalue weighted by Crippen LogP contribution is 2.34. The summed E-state index contributed by atoms with van der Waals surface area (Å²) in [6.07, 6.45) is 2.83. The summed E-state index contributed by atoms with van der Waals surface area (Å²) in [6, 6.07) is 10.2. The third-order valence-corrected chi connectivity index (χ3v) is 5.33. The molecule has 0 radical (unpaired) electrons. The van der Waals surface area contributed by atoms with Gasteiger partial charge in [-0.3, -0.25) is 9.48 Å². The van der Waals surface area contributed by atoms with Crippen LogP contribution in [0.4, 0.5) is 0 Å². The predicted octanol–water partition coefficient (Wildman–Crippen LogP) is 4.13. The lowest BCUT2D eigenvalue weighted by atomic mass is 9.88. The topological polar surface area (TPSA) is 47.4 Å². The lowest BCUT2D eigenvalue weighted by Crippen LogP contribution is -2.39. The van der Waals surface area contributed by atoms with Gasteiger partial charge in [-0.05, 0) is 55.7 Å². The van der Waals surface area contributed by atoms with E-state index in [-0.39, 0.29) is 5.91 Å². The number of ether oxygens (including phenoxy) is 1. The maximum absolute atomic E-state index is 13.1. The van der Waals surface area contributed by atoms with E-state index in [0.29, 0.717) is 11.8 Å². The van der Waals surface area contributed by atoms with Crippen molar-refractivity contribution >= 4 is 5.91 Å². The molecule has 2 aromatic rings. The summed E-state index contributed by atoms with van der Waals surface area (Å²) in [5, 5.41) is 4.62. The zero-order valence-corrected chi connectivity index (χ0v) is 16.9. The van der Waals surface area contributed by atoms with Crippen molar-refractivity contribution < 1.29 is 9.53 Å². The molecule has 2 heterocycles. The molecule has 0 saturated carbocycles. The van der Waals surface area contributed by atoms with Crippen LogP contribution < -0.4 is 4.74 Å². The lowest BCUT2D eigenvalue weighted by molar-refractivity contribution is 0.0700. The Hall–Kier alpha value is -2.30. The minimum atomic E-state index is 0.109. The molecule has 1 aromatic heterocycles. The fourth-order valence-corrected chi connectivity index (χ4v) is 3.96. The van der Waals surface area contributed by atoms with E-state index in [9.17, 15) is 4.79 Å². The summed E-state index contributed by atoms with van der Waals surface area (Å²) >= 11 is 0. The first kappa shape index (κ1) is 19.5. The van der Waals surface area contributed by atoms with E-state index in [1.54, 1.807) is 7.11 Å². The van der Waals surface area contributed by atoms with Gasteiger partial charge in [0.15, 0.2) is 0 Å². The van der Waals surface area contributed by atoms with E-state index in [4.69, 9.17) is 4.74 Å². The maximum Gasteiger partial charge on any atom is 0.272 e. The predicted molar refractivity (Wildman–Crippen MR) is 107 cm³/mol. The summed E-state index contributed by atoms with van der Waals surface area (Å²) in [5.74, 6) is 2.03. The second-order valence-electron chi connectivity index (χ2n) is 7.74. The Morgan fingerprint density at radius 1 is 1.26 bits per heavy atom. The van der Waals surface area contributed by atoms with E-state index in [1.807, 2.05) is 34.7 Å². The number of nitrogens with zero attached hydrogens (tertiary/aromatic N) is 3. The summed E-state index contributed by atoms with van der Waals surface area (Å²) in [7, 11) is 1.72. The average Bonchev–Trinajstić information content (AvgIpc) is 3.09. The maximum atomic E-state index is 13.1. The molecule has 3 rings (SSSR count). The van der Waals surface area contributed by atoms with Gasteiger partial charge in [-0.15, -0.1) is 0 Å². The number of rotatable bonds is 6. The Morgan fingerprint density at radius 2 is 1.96 bits per heavy atom. The molecular weight excluding hydrogens is 338 g/mol. The molecule has 1 fully saturated rings. The van der Waals surface area contributed by atoms with Crippen LogP contribution in [0, 0.1) is 5.92 Å². The van der Waals surface area contributed by atoms with Crippen LogP contribution in [0.2, 0.25) is 0 Å². The third-order valence-electron chi connectivity index (χ3n) is 5.33. The molecule has 146 valence electrons. The fraction of sp³-hybridized carbons (Fsp3) is 0.545. The van der Waals surface area contributed by atoms with E-state index >= 15 is 0 Å². The van der Waals surface area contributed by atoms with Crippen molar-refractivity contribution in [3.63, 3.8) is 0 Å². The summed E-state index contributed by atoms with van der Waals surface area (Å²) in [6.45, 7) is 8.66. The Labute approximate surface area is 162 Å². The first-order valence-corrected chi connectivity index (χ1v) is 10.0. The van der Waals surface area contributed by atoms with Crippen LogP contribution in [0.5, 0.6) is 5.75 Å². The standard InChI is InChI=1S/C22H31N3O2/c1-5-25-20(15-18(23-25)14-16(2)3)22(26)24-12-10-17(11-13-24)19-8-6-7-9-21(19)27-4/h6-9,15-17H,5,10-14H2,1-4H3. The molecule has 1 aromatic carbocycles. The SMILES string of the molecule is CCn1nc(CC(C)C)cc1C(=O)N1CCC(c2ccccc2OC)CC1. The second-order valence-corrected chi connectivity index (χ2v) is 7.74. The lowest BCUT2D eigenvalue weighted by Gasteiger charge is -2.32. The van der Waals surface area contributed by atoms with Gasteiger partial charge in [-0.25, -0.2) is 0 Å². The molecule has 27 heavy (non-hydrogen) atoms. The molecule has 1 aliphatic heterocycles. The van der Waals surface area contributed by atoms with Crippen LogP contribution in [0.25, 0.3) is 0 Å². The molecule has 1 aliphatic rings. The van der Waals surface area contributed by atoms with Crippen molar-refractivity contribution in [2.24, 2.45) is 5.92 Å². The van der Waals surface area contributed by atoms with Crippen LogP contribution >= 0.6 is 0 Å². The molecule has 1 amide bonds. The van der Waals surface area contributed by atoms with E-state index < -0.39 is 0 Å². The number of para-hydroxylation sites is 1. The van der Waals surface area contributed by atoms with Crippen molar-refractivity contribution in [2.75, 3.05) is 20.2 Å². The highest BCUT2D eigenvalue weighted by atomic mass is 16.5. The zero-order valence-electron chi connectivity index (χ0n) is 16.9. The van der Waals surface area contributed by atoms with Gasteiger partial charge in [-0.2, -0.15) is 5.10 Å². The number of hydrogen-bond donors (Lipinski definition) is 0. The number of likely N-dealkylation sites (tertiary alicyclic amines) is 1. The van der Waals surface area contributed by atoms with Gasteiger partial charge in [0, 0.05) is 19.6 Å². The van der Waals surface area contributed by atoms with Gasteiger partial charge < -0.3 is 9.64 Å². The molecule has 0 bridgehead atoms. The number of piperidine rings is 1. The van der Waals surface area contributed by atoms with Gasteiger partial charge in [0.1, 0.15) is 11.4 Å². The van der Waals surface area contributed by atoms with Crippen LogP contribution in [-0.2, 0) is 13.0 Å². The fourth-order valence-electron chi connectivity index (χ4n) is 3.96. The van der Waals surface area contributed by atoms with E-state index in [2.05, 4.69) is 31.1 Å². The largest absolute Gasteiger partial charge is 0.496 e. The Morgan fingerprint density at radius 3 is 2.59 bits per heavy atom. The van der Waals surface area contributed by atoms with Gasteiger partial charge in [0.25, 0.3) is 5.91 Å². The normalized spacial score (nSPS) is 15.4. The van der Waals surface area contributed by atoms with Crippen LogP contribution in [-0.4, -0.2) is 40.8 Å². The van der Waals surface area contributed by atoms with Gasteiger partial charge in [-0.1, -0.05) is 32.0 Å². The van der Waals surface area contributed by atoms with Gasteiger partial charge in [0.2, 0.25) is 0 Å². The molecular formula is C22H31N3O2. The van der Waals surface area contributed by atoms with E-state index in [1.165, 1.54) is 5.56 Å². The first-order chi connectivity index (χ1) is 13.0. The number of carbonyl (C=O) groups is 1. The van der Waals surface area contributed by atoms with E-state index in [0.717, 1.165) is 56.0 Å². The molecule has 5 nitrogen and oxygen atoms in total. The Bertz CT molecular complexity index is 774. The Balaban J connectivity index is 1.69. The number of amides is 1. The van der Waals surface area contributed by atoms with Crippen LogP contribution in [0.3, 0.4) is 0 Å². The second kappa shape index (κ2) is 8.59. The summed E-state index contributed by atoms with van der Waals surface area (Å²) in [5.41, 5.74) is 2.99. The molecule has 0 N–H and O–H groups in total. The highest BCUT2D eigenvalue weighted by Gasteiger charge is 2.28. The third kappa shape index (κ3) is 4.34. The summed E-state index contributed by atoms with van der Waals surface area (Å²) < 4.78 is 7.37. The first-order valence-electron chi connectivity index (χ1n) is 10.0. The molecule has 0 spiro atoms. The molecule has 0 atom stereocenters. The minimum absolute atomic E-state index is 0.109. The number of aromatic nitrogens is 2. The van der Waals surface area contributed by atoms with Crippen LogP contribution in [0.1, 0.15) is 61.3 Å². The number of carbonyl (C=O) groups excluding carboxylic acids is 1.